The van der Waals surface area contributed by atoms with Crippen molar-refractivity contribution >= 4 is 34.7 Å². The third-order valence-electron chi connectivity index (χ3n) is 3.50. The highest BCUT2D eigenvalue weighted by Crippen LogP contribution is 2.18. The van der Waals surface area contributed by atoms with Crippen LogP contribution in [0.4, 0.5) is 5.69 Å². The fraction of sp³-hybridized carbons (Fsp3) is 0.235. The third-order valence-corrected chi connectivity index (χ3v) is 4.37. The summed E-state index contributed by atoms with van der Waals surface area (Å²) >= 11 is 1.36. The smallest absolute Gasteiger partial charge is 0.265 e. The van der Waals surface area contributed by atoms with Gasteiger partial charge < -0.3 is 16.0 Å². The van der Waals surface area contributed by atoms with Gasteiger partial charge in [-0.3, -0.25) is 14.4 Å². The third kappa shape index (κ3) is 4.42. The van der Waals surface area contributed by atoms with E-state index in [-0.39, 0.29) is 30.3 Å². The van der Waals surface area contributed by atoms with Gasteiger partial charge in [-0.2, -0.15) is 0 Å². The molecular weight excluding hydrogens is 326 g/mol. The molecule has 0 bridgehead atoms. The van der Waals surface area contributed by atoms with Crippen LogP contribution in [0.15, 0.2) is 41.8 Å². The standard InChI is InChI=1S/C17H17N3O3S/c21-15(19-12-7-8-12)10-18-16(22)11-3-5-13(6-4-11)20-17(23)14-2-1-9-24-14/h1-6,9,12H,7-8,10H2,(H,18,22)(H,19,21)(H,20,23). The van der Waals surface area contributed by atoms with Crippen LogP contribution in [0.2, 0.25) is 0 Å². The number of benzene rings is 1. The predicted molar refractivity (Wildman–Crippen MR) is 92.2 cm³/mol. The molecule has 1 fully saturated rings. The lowest BCUT2D eigenvalue weighted by molar-refractivity contribution is -0.120. The molecule has 1 aliphatic rings. The van der Waals surface area contributed by atoms with Gasteiger partial charge in [0.15, 0.2) is 0 Å². The van der Waals surface area contributed by atoms with Gasteiger partial charge in [0.2, 0.25) is 5.91 Å². The summed E-state index contributed by atoms with van der Waals surface area (Å²) < 4.78 is 0. The Labute approximate surface area is 143 Å². The number of hydrogen-bond donors (Lipinski definition) is 3. The highest BCUT2D eigenvalue weighted by atomic mass is 32.1. The Morgan fingerprint density at radius 2 is 1.79 bits per heavy atom. The van der Waals surface area contributed by atoms with E-state index in [0.717, 1.165) is 12.8 Å². The first-order chi connectivity index (χ1) is 11.6. The van der Waals surface area contributed by atoms with Crippen LogP contribution >= 0.6 is 11.3 Å². The maximum Gasteiger partial charge on any atom is 0.265 e. The van der Waals surface area contributed by atoms with Crippen LogP contribution in [0, 0.1) is 0 Å². The van der Waals surface area contributed by atoms with Crippen molar-refractivity contribution in [2.75, 3.05) is 11.9 Å². The van der Waals surface area contributed by atoms with Crippen molar-refractivity contribution in [3.8, 4) is 0 Å². The quantitative estimate of drug-likeness (QED) is 0.750. The van der Waals surface area contributed by atoms with E-state index in [1.807, 2.05) is 11.4 Å². The van der Waals surface area contributed by atoms with Crippen molar-refractivity contribution in [1.82, 2.24) is 10.6 Å². The Kier molecular flexibility index (Phi) is 4.90. The van der Waals surface area contributed by atoms with E-state index in [0.29, 0.717) is 16.1 Å². The Hall–Kier alpha value is -2.67. The second-order valence-electron chi connectivity index (χ2n) is 5.53. The second kappa shape index (κ2) is 7.27. The highest BCUT2D eigenvalue weighted by Gasteiger charge is 2.23. The molecule has 0 atom stereocenters. The molecule has 3 amide bonds. The van der Waals surface area contributed by atoms with Gasteiger partial charge in [-0.1, -0.05) is 6.07 Å². The molecule has 1 aromatic carbocycles. The lowest BCUT2D eigenvalue weighted by atomic mass is 10.2. The molecule has 124 valence electrons. The minimum atomic E-state index is -0.322. The monoisotopic (exact) mass is 343 g/mol. The maximum atomic E-state index is 12.0. The average molecular weight is 343 g/mol. The summed E-state index contributed by atoms with van der Waals surface area (Å²) in [5, 5.41) is 9.98. The predicted octanol–water partition coefficient (Wildman–Crippen LogP) is 2.01. The van der Waals surface area contributed by atoms with Crippen LogP contribution in [0.25, 0.3) is 0 Å². The maximum absolute atomic E-state index is 12.0. The Morgan fingerprint density at radius 1 is 1.04 bits per heavy atom. The van der Waals surface area contributed by atoms with E-state index in [9.17, 15) is 14.4 Å². The fourth-order valence-corrected chi connectivity index (χ4v) is 2.69. The van der Waals surface area contributed by atoms with Crippen LogP contribution in [0.3, 0.4) is 0 Å². The van der Waals surface area contributed by atoms with Crippen LogP contribution < -0.4 is 16.0 Å². The van der Waals surface area contributed by atoms with E-state index in [1.165, 1.54) is 11.3 Å². The number of carbonyl (C=O) groups excluding carboxylic acids is 3. The molecule has 6 nitrogen and oxygen atoms in total. The average Bonchev–Trinajstić information content (AvgIpc) is 3.22. The minimum Gasteiger partial charge on any atom is -0.352 e. The fourth-order valence-electron chi connectivity index (χ4n) is 2.07. The van der Waals surface area contributed by atoms with Crippen molar-refractivity contribution in [3.05, 3.63) is 52.2 Å². The minimum absolute atomic E-state index is 0.0355. The number of carbonyl (C=O) groups is 3. The second-order valence-corrected chi connectivity index (χ2v) is 6.48. The largest absolute Gasteiger partial charge is 0.352 e. The molecule has 0 spiro atoms. The van der Waals surface area contributed by atoms with E-state index >= 15 is 0 Å². The molecule has 0 radical (unpaired) electrons. The van der Waals surface area contributed by atoms with Gasteiger partial charge >= 0.3 is 0 Å². The Balaban J connectivity index is 1.50. The summed E-state index contributed by atoms with van der Waals surface area (Å²) in [4.78, 5) is 36.1. The van der Waals surface area contributed by atoms with Crippen molar-refractivity contribution in [1.29, 1.82) is 0 Å². The molecule has 0 saturated heterocycles. The lowest BCUT2D eigenvalue weighted by Gasteiger charge is -2.07. The van der Waals surface area contributed by atoms with E-state index in [4.69, 9.17) is 0 Å². The van der Waals surface area contributed by atoms with E-state index < -0.39 is 0 Å². The van der Waals surface area contributed by atoms with Gasteiger partial charge in [0.05, 0.1) is 11.4 Å². The summed E-state index contributed by atoms with van der Waals surface area (Å²) in [6.07, 6.45) is 2.02. The van der Waals surface area contributed by atoms with Gasteiger partial charge in [0.25, 0.3) is 11.8 Å². The zero-order valence-corrected chi connectivity index (χ0v) is 13.7. The van der Waals surface area contributed by atoms with E-state index in [1.54, 1.807) is 30.3 Å². The molecular formula is C17H17N3O3S. The van der Waals surface area contributed by atoms with Gasteiger partial charge in [-0.15, -0.1) is 11.3 Å². The number of nitrogens with one attached hydrogen (secondary N) is 3. The SMILES string of the molecule is O=C(CNC(=O)c1ccc(NC(=O)c2cccs2)cc1)NC1CC1. The van der Waals surface area contributed by atoms with Gasteiger partial charge in [-0.25, -0.2) is 0 Å². The molecule has 1 aliphatic carbocycles. The first kappa shape index (κ1) is 16.2. The summed E-state index contributed by atoms with van der Waals surface area (Å²) in [6, 6.07) is 10.4. The Bertz CT molecular complexity index is 737. The molecule has 24 heavy (non-hydrogen) atoms. The summed E-state index contributed by atoms with van der Waals surface area (Å²) in [6.45, 7) is -0.0355. The molecule has 0 aliphatic heterocycles. The zero-order chi connectivity index (χ0) is 16.9. The van der Waals surface area contributed by atoms with Crippen LogP contribution in [0.1, 0.15) is 32.9 Å². The number of hydrogen-bond acceptors (Lipinski definition) is 4. The van der Waals surface area contributed by atoms with E-state index in [2.05, 4.69) is 16.0 Å². The van der Waals surface area contributed by atoms with Crippen molar-refractivity contribution in [3.63, 3.8) is 0 Å². The molecule has 2 aromatic rings. The molecule has 1 aromatic heterocycles. The molecule has 7 heteroatoms. The normalized spacial score (nSPS) is 13.2. The highest BCUT2D eigenvalue weighted by molar-refractivity contribution is 7.12. The Morgan fingerprint density at radius 3 is 2.42 bits per heavy atom. The lowest BCUT2D eigenvalue weighted by Crippen LogP contribution is -2.37. The number of rotatable bonds is 6. The summed E-state index contributed by atoms with van der Waals surface area (Å²) in [7, 11) is 0. The van der Waals surface area contributed by atoms with Crippen LogP contribution in [0.5, 0.6) is 0 Å². The first-order valence-electron chi connectivity index (χ1n) is 7.64. The van der Waals surface area contributed by atoms with Crippen molar-refractivity contribution in [2.24, 2.45) is 0 Å². The summed E-state index contributed by atoms with van der Waals surface area (Å²) in [5.74, 6) is -0.679. The summed E-state index contributed by atoms with van der Waals surface area (Å²) in [5.41, 5.74) is 1.04. The van der Waals surface area contributed by atoms with Crippen LogP contribution in [-0.2, 0) is 4.79 Å². The topological polar surface area (TPSA) is 87.3 Å². The first-order valence-corrected chi connectivity index (χ1v) is 8.52. The molecule has 0 unspecified atom stereocenters. The molecule has 1 saturated carbocycles. The van der Waals surface area contributed by atoms with Crippen LogP contribution in [-0.4, -0.2) is 30.3 Å². The molecule has 3 rings (SSSR count). The molecule has 1 heterocycles. The van der Waals surface area contributed by atoms with Gasteiger partial charge in [0, 0.05) is 17.3 Å². The van der Waals surface area contributed by atoms with Crippen molar-refractivity contribution in [2.45, 2.75) is 18.9 Å². The van der Waals surface area contributed by atoms with Gasteiger partial charge in [0.1, 0.15) is 0 Å². The van der Waals surface area contributed by atoms with Crippen molar-refractivity contribution < 1.29 is 14.4 Å². The number of amides is 3. The van der Waals surface area contributed by atoms with Gasteiger partial charge in [-0.05, 0) is 48.6 Å². The molecule has 3 N–H and O–H groups in total. The zero-order valence-electron chi connectivity index (χ0n) is 12.9. The number of thiophene rings is 1. The number of anilines is 1.